The molecule has 2 aromatic heterocycles. The third-order valence-electron chi connectivity index (χ3n) is 7.28. The molecule has 0 aliphatic heterocycles. The van der Waals surface area contributed by atoms with Crippen molar-refractivity contribution < 1.29 is 56.4 Å². The summed E-state index contributed by atoms with van der Waals surface area (Å²) in [4.78, 5) is 49.6. The van der Waals surface area contributed by atoms with Crippen LogP contribution >= 0.6 is 22.7 Å². The Morgan fingerprint density at radius 3 is 1.66 bits per heavy atom. The summed E-state index contributed by atoms with van der Waals surface area (Å²) in [6.07, 6.45) is -0.889. The molecule has 0 aliphatic carbocycles. The minimum Gasteiger partial charge on any atom is -0.493 e. The molecule has 15 heteroatoms. The minimum absolute atomic E-state index is 0.0761. The van der Waals surface area contributed by atoms with E-state index in [1.807, 2.05) is 0 Å². The molecule has 0 radical (unpaired) electrons. The van der Waals surface area contributed by atoms with E-state index in [4.69, 9.17) is 34.2 Å². The fourth-order valence-electron chi connectivity index (χ4n) is 4.68. The average molecular weight is 734 g/mol. The number of Topliss-reactive ketones (excluding diaryl/α,β-unsaturated/α-hetero) is 2. The van der Waals surface area contributed by atoms with E-state index >= 15 is 8.78 Å². The van der Waals surface area contributed by atoms with E-state index in [-0.39, 0.29) is 107 Å². The Hall–Kier alpha value is -4.60. The second-order valence-corrected chi connectivity index (χ2v) is 13.2. The number of methoxy groups -OCH3 is 2. The molecule has 0 fully saturated rings. The largest absolute Gasteiger partial charge is 0.493 e. The van der Waals surface area contributed by atoms with Crippen LogP contribution in [0.5, 0.6) is 23.0 Å². The lowest BCUT2D eigenvalue weighted by Gasteiger charge is -2.15. The second-order valence-electron chi connectivity index (χ2n) is 11.0. The summed E-state index contributed by atoms with van der Waals surface area (Å²) in [5.41, 5.74) is 5.76. The summed E-state index contributed by atoms with van der Waals surface area (Å²) in [6.45, 7) is 7.12. The molecule has 0 saturated heterocycles. The summed E-state index contributed by atoms with van der Waals surface area (Å²) in [7, 11) is 2.69. The van der Waals surface area contributed by atoms with Crippen LogP contribution in [0.25, 0.3) is 20.2 Å². The van der Waals surface area contributed by atoms with E-state index in [1.54, 1.807) is 19.9 Å². The quantitative estimate of drug-likeness (QED) is 0.0616. The van der Waals surface area contributed by atoms with Gasteiger partial charge >= 0.3 is 11.9 Å². The number of rotatable bonds is 19. The van der Waals surface area contributed by atoms with E-state index in [2.05, 4.69) is 6.58 Å². The van der Waals surface area contributed by atoms with Crippen molar-refractivity contribution in [3.63, 3.8) is 0 Å². The summed E-state index contributed by atoms with van der Waals surface area (Å²) in [6, 6.07) is 5.88. The van der Waals surface area contributed by atoms with E-state index in [1.165, 1.54) is 32.4 Å². The molecule has 268 valence electrons. The van der Waals surface area contributed by atoms with Crippen LogP contribution in [0.4, 0.5) is 8.78 Å². The lowest BCUT2D eigenvalue weighted by atomic mass is 10.1. The predicted molar refractivity (Wildman–Crippen MR) is 185 cm³/mol. The Balaban J connectivity index is 1.43. The number of hydrogen-bond acceptors (Lipinski definition) is 13. The number of halogens is 2. The standard InChI is InChI=1S/C35H37F2NO10S2/c1-6-45-30(41)9-7-22(39)28-11-20-26(49-28)13-24(43-4)34(32(20)36)46-16-18(2)17-47-35-25(44-5)14-27-21(33(35)37)12-29(50-27)23(40)8-10-31(42)48-19(3)15-38/h11-14,19H,2,6-10,15-17,38H2,1,3-5H3/t19-/m0/s1. The Morgan fingerprint density at radius 2 is 1.24 bits per heavy atom. The number of hydrogen-bond donors (Lipinski definition) is 1. The van der Waals surface area contributed by atoms with Crippen LogP contribution in [0.15, 0.2) is 36.4 Å². The molecule has 11 nitrogen and oxygen atoms in total. The molecule has 0 amide bonds. The topological polar surface area (TPSA) is 150 Å². The first-order valence-corrected chi connectivity index (χ1v) is 17.2. The lowest BCUT2D eigenvalue weighted by Crippen LogP contribution is -2.23. The van der Waals surface area contributed by atoms with Gasteiger partial charge in [-0.2, -0.15) is 0 Å². The molecule has 0 bridgehead atoms. The predicted octanol–water partition coefficient (Wildman–Crippen LogP) is 6.80. The van der Waals surface area contributed by atoms with Gasteiger partial charge in [0.15, 0.2) is 46.2 Å². The number of ether oxygens (including phenoxy) is 6. The van der Waals surface area contributed by atoms with Gasteiger partial charge in [0.2, 0.25) is 0 Å². The van der Waals surface area contributed by atoms with Crippen molar-refractivity contribution in [3.05, 3.63) is 57.8 Å². The molecule has 2 N–H and O–H groups in total. The van der Waals surface area contributed by atoms with Crippen molar-refractivity contribution in [2.24, 2.45) is 5.73 Å². The molecule has 2 aromatic carbocycles. The smallest absolute Gasteiger partial charge is 0.306 e. The molecule has 0 saturated carbocycles. The van der Waals surface area contributed by atoms with Crippen LogP contribution < -0.4 is 24.7 Å². The van der Waals surface area contributed by atoms with Crippen LogP contribution in [0.1, 0.15) is 58.9 Å². The Morgan fingerprint density at radius 1 is 0.780 bits per heavy atom. The Labute approximate surface area is 294 Å². The number of thiophene rings is 2. The number of carbonyl (C=O) groups excluding carboxylic acids is 4. The lowest BCUT2D eigenvalue weighted by molar-refractivity contribution is -0.147. The number of benzene rings is 2. The summed E-state index contributed by atoms with van der Waals surface area (Å²) in [5, 5.41) is 0.270. The van der Waals surface area contributed by atoms with Gasteiger partial charge in [-0.3, -0.25) is 19.2 Å². The summed E-state index contributed by atoms with van der Waals surface area (Å²) >= 11 is 2.12. The van der Waals surface area contributed by atoms with Crippen LogP contribution in [0.2, 0.25) is 0 Å². The van der Waals surface area contributed by atoms with Gasteiger partial charge < -0.3 is 34.2 Å². The molecule has 4 aromatic rings. The number of ketones is 2. The fourth-order valence-corrected chi connectivity index (χ4v) is 6.79. The Bertz CT molecular complexity index is 1920. The number of esters is 2. The first-order valence-electron chi connectivity index (χ1n) is 15.5. The molecule has 0 unspecified atom stereocenters. The van der Waals surface area contributed by atoms with Crippen LogP contribution in [-0.4, -0.2) is 70.2 Å². The molecule has 0 aliphatic rings. The van der Waals surface area contributed by atoms with Crippen LogP contribution in [0.3, 0.4) is 0 Å². The first-order chi connectivity index (χ1) is 23.9. The van der Waals surface area contributed by atoms with E-state index < -0.39 is 29.7 Å². The number of nitrogens with two attached hydrogens (primary N) is 1. The fraction of sp³-hybridized carbons (Fsp3) is 0.371. The van der Waals surface area contributed by atoms with Gasteiger partial charge in [-0.25, -0.2) is 8.78 Å². The highest BCUT2D eigenvalue weighted by Gasteiger charge is 2.23. The molecule has 4 rings (SSSR count). The van der Waals surface area contributed by atoms with Gasteiger partial charge in [0.25, 0.3) is 0 Å². The van der Waals surface area contributed by atoms with Crippen molar-refractivity contribution in [1.29, 1.82) is 0 Å². The SMILES string of the molecule is C=C(COc1c(OC)cc2sc(C(=O)CCC(=O)OCC)cc2c1F)COc1c(OC)cc2sc(C(=O)CCC(=O)O[C@@H](C)CN)cc2c1F. The van der Waals surface area contributed by atoms with Gasteiger partial charge in [-0.15, -0.1) is 22.7 Å². The number of carbonyl (C=O) groups is 4. The zero-order chi connectivity index (χ0) is 36.5. The van der Waals surface area contributed by atoms with E-state index in [0.29, 0.717) is 15.0 Å². The normalized spacial score (nSPS) is 11.7. The van der Waals surface area contributed by atoms with Crippen LogP contribution in [-0.2, 0) is 19.1 Å². The zero-order valence-electron chi connectivity index (χ0n) is 28.0. The van der Waals surface area contributed by atoms with Crippen molar-refractivity contribution in [1.82, 2.24) is 0 Å². The van der Waals surface area contributed by atoms with Gasteiger partial charge in [-0.1, -0.05) is 6.58 Å². The summed E-state index contributed by atoms with van der Waals surface area (Å²) < 4.78 is 64.3. The highest BCUT2D eigenvalue weighted by molar-refractivity contribution is 7.21. The Kier molecular flexibility index (Phi) is 13.3. The summed E-state index contributed by atoms with van der Waals surface area (Å²) in [5.74, 6) is -3.51. The van der Waals surface area contributed by atoms with Crippen molar-refractivity contribution in [2.45, 2.75) is 45.6 Å². The van der Waals surface area contributed by atoms with E-state index in [9.17, 15) is 19.2 Å². The highest BCUT2D eigenvalue weighted by Crippen LogP contribution is 2.42. The second kappa shape index (κ2) is 17.4. The van der Waals surface area contributed by atoms with Crippen LogP contribution in [0, 0.1) is 11.6 Å². The molecule has 0 spiro atoms. The average Bonchev–Trinajstić information content (AvgIpc) is 3.74. The number of fused-ring (bicyclic) bond motifs is 2. The maximum absolute atomic E-state index is 15.7. The third-order valence-corrected chi connectivity index (χ3v) is 9.52. The molecule has 2 heterocycles. The zero-order valence-corrected chi connectivity index (χ0v) is 29.6. The third kappa shape index (κ3) is 9.14. The van der Waals surface area contributed by atoms with Gasteiger partial charge in [-0.05, 0) is 31.6 Å². The van der Waals surface area contributed by atoms with Crippen molar-refractivity contribution in [2.75, 3.05) is 40.6 Å². The van der Waals surface area contributed by atoms with E-state index in [0.717, 1.165) is 22.7 Å². The van der Waals surface area contributed by atoms with Crippen molar-refractivity contribution in [3.8, 4) is 23.0 Å². The van der Waals surface area contributed by atoms with Gasteiger partial charge in [0.1, 0.15) is 19.3 Å². The maximum atomic E-state index is 15.7. The first kappa shape index (κ1) is 38.2. The molecule has 1 atom stereocenters. The van der Waals surface area contributed by atoms with Gasteiger partial charge in [0, 0.05) is 51.7 Å². The molecule has 50 heavy (non-hydrogen) atoms. The monoisotopic (exact) mass is 733 g/mol. The molecular weight excluding hydrogens is 697 g/mol. The highest BCUT2D eigenvalue weighted by atomic mass is 32.1. The maximum Gasteiger partial charge on any atom is 0.306 e. The van der Waals surface area contributed by atoms with Gasteiger partial charge in [0.05, 0.1) is 43.4 Å². The molecular formula is C35H37F2NO10S2. The van der Waals surface area contributed by atoms with Crippen molar-refractivity contribution >= 4 is 66.4 Å². The minimum atomic E-state index is -0.761.